The third-order valence-electron chi connectivity index (χ3n) is 9.58. The predicted octanol–water partition coefficient (Wildman–Crippen LogP) is 2.57. The number of piperidine rings is 2. The molecule has 3 aliphatic heterocycles. The Labute approximate surface area is 277 Å². The van der Waals surface area contributed by atoms with Gasteiger partial charge in [-0.2, -0.15) is 0 Å². The summed E-state index contributed by atoms with van der Waals surface area (Å²) in [5, 5.41) is 58.7. The summed E-state index contributed by atoms with van der Waals surface area (Å²) in [6.45, 7) is 12.7. The lowest BCUT2D eigenvalue weighted by atomic mass is 9.73. The molecule has 0 bridgehead atoms. The molecular weight excluding hydrogens is 604 g/mol. The van der Waals surface area contributed by atoms with Gasteiger partial charge in [0.1, 0.15) is 24.4 Å². The first-order valence-electron chi connectivity index (χ1n) is 16.9. The van der Waals surface area contributed by atoms with Crippen LogP contribution in [0.2, 0.25) is 0 Å². The molecule has 2 aromatic rings. The Morgan fingerprint density at radius 1 is 1.17 bits per heavy atom. The van der Waals surface area contributed by atoms with E-state index in [2.05, 4.69) is 71.5 Å². The molecule has 5 rings (SSSR count). The van der Waals surface area contributed by atoms with Gasteiger partial charge >= 0.3 is 0 Å². The van der Waals surface area contributed by atoms with Crippen molar-refractivity contribution in [3.05, 3.63) is 52.2 Å². The maximum Gasteiger partial charge on any atom is 0.300 e. The van der Waals surface area contributed by atoms with Crippen LogP contribution in [0.3, 0.4) is 0 Å². The summed E-state index contributed by atoms with van der Waals surface area (Å²) in [7, 11) is 0. The van der Waals surface area contributed by atoms with E-state index in [4.69, 9.17) is 19.4 Å². The Morgan fingerprint density at radius 3 is 2.55 bits per heavy atom. The number of carboxylic acid groups (broad SMARTS) is 1. The van der Waals surface area contributed by atoms with Gasteiger partial charge in [-0.3, -0.25) is 9.89 Å². The number of likely N-dealkylation sites (tertiary alicyclic amines) is 1. The molecule has 47 heavy (non-hydrogen) atoms. The number of H-pyrrole nitrogens is 1. The molecule has 3 saturated heterocycles. The van der Waals surface area contributed by atoms with E-state index >= 15 is 0 Å². The zero-order valence-electron chi connectivity index (χ0n) is 28.2. The van der Waals surface area contributed by atoms with Gasteiger partial charge in [0.2, 0.25) is 12.2 Å². The molecule has 12 heteroatoms. The summed E-state index contributed by atoms with van der Waals surface area (Å²) >= 11 is 0. The van der Waals surface area contributed by atoms with Crippen molar-refractivity contribution in [2.75, 3.05) is 39.3 Å². The van der Waals surface area contributed by atoms with Crippen molar-refractivity contribution >= 4 is 12.0 Å². The van der Waals surface area contributed by atoms with E-state index in [0.29, 0.717) is 11.8 Å². The maximum atomic E-state index is 10.5. The Kier molecular flexibility index (Phi) is 13.4. The highest BCUT2D eigenvalue weighted by Gasteiger charge is 2.45. The molecule has 1 aromatic heterocycles. The van der Waals surface area contributed by atoms with E-state index in [0.717, 1.165) is 55.4 Å². The number of aliphatic hydroxyl groups excluding tert-OH is 4. The summed E-state index contributed by atoms with van der Waals surface area (Å²) in [5.41, 5.74) is 5.73. The van der Waals surface area contributed by atoms with Crippen LogP contribution in [0.4, 0.5) is 0 Å². The molecule has 3 aliphatic rings. The number of nitrogens with one attached hydrogen (secondary N) is 2. The lowest BCUT2D eigenvalue weighted by Gasteiger charge is -2.45. The number of aliphatic carboxylic acids is 1. The number of nitrogens with zero attached hydrogens (tertiary/aromatic N) is 2. The fourth-order valence-corrected chi connectivity index (χ4v) is 6.94. The lowest BCUT2D eigenvalue weighted by molar-refractivity contribution is -0.278. The predicted molar refractivity (Wildman–Crippen MR) is 178 cm³/mol. The second-order valence-corrected chi connectivity index (χ2v) is 13.6. The van der Waals surface area contributed by atoms with Crippen molar-refractivity contribution in [1.82, 2.24) is 20.4 Å². The first kappa shape index (κ1) is 37.0. The van der Waals surface area contributed by atoms with Gasteiger partial charge < -0.3 is 45.2 Å². The smallest absolute Gasteiger partial charge is 0.300 e. The third-order valence-corrected chi connectivity index (χ3v) is 9.58. The average Bonchev–Trinajstić information content (AvgIpc) is 3.43. The second-order valence-electron chi connectivity index (χ2n) is 13.6. The number of carbonyl (C=O) groups is 1. The number of aryl methyl sites for hydroxylation is 1. The molecule has 0 aliphatic carbocycles. The van der Waals surface area contributed by atoms with E-state index in [1.165, 1.54) is 44.3 Å². The van der Waals surface area contributed by atoms with Crippen LogP contribution < -0.4 is 10.1 Å². The number of hydrogen-bond acceptors (Lipinski definition) is 10. The normalized spacial score (nSPS) is 26.4. The Balaban J connectivity index is 0.00000118. The minimum atomic E-state index is -1.52. The highest BCUT2D eigenvalue weighted by molar-refractivity contribution is 5.63. The Morgan fingerprint density at radius 2 is 1.89 bits per heavy atom. The zero-order valence-corrected chi connectivity index (χ0v) is 28.2. The number of aromatic nitrogens is 2. The molecule has 7 N–H and O–H groups in total. The molecule has 1 spiro atoms. The fourth-order valence-electron chi connectivity index (χ4n) is 6.94. The van der Waals surface area contributed by atoms with Gasteiger partial charge in [0, 0.05) is 37.7 Å². The van der Waals surface area contributed by atoms with Gasteiger partial charge in [-0.1, -0.05) is 44.2 Å². The first-order valence-corrected chi connectivity index (χ1v) is 16.9. The molecule has 0 radical (unpaired) electrons. The summed E-state index contributed by atoms with van der Waals surface area (Å²) in [5.74, 6) is -0.429. The third kappa shape index (κ3) is 9.85. The van der Waals surface area contributed by atoms with Gasteiger partial charge in [0.05, 0.1) is 6.61 Å². The maximum absolute atomic E-state index is 10.5. The minimum Gasteiger partial charge on any atom is -0.481 e. The van der Waals surface area contributed by atoms with E-state index in [9.17, 15) is 20.4 Å². The zero-order chi connectivity index (χ0) is 34.1. The van der Waals surface area contributed by atoms with E-state index in [-0.39, 0.29) is 11.8 Å². The van der Waals surface area contributed by atoms with Gasteiger partial charge in [-0.15, -0.1) is 5.10 Å². The summed E-state index contributed by atoms with van der Waals surface area (Å²) in [4.78, 5) is 11.7. The molecule has 262 valence electrons. The summed E-state index contributed by atoms with van der Waals surface area (Å²) in [6, 6.07) is 6.47. The van der Waals surface area contributed by atoms with E-state index in [1.807, 2.05) is 0 Å². The van der Waals surface area contributed by atoms with Crippen LogP contribution in [0.15, 0.2) is 24.3 Å². The molecule has 0 unspecified atom stereocenters. The first-order chi connectivity index (χ1) is 22.4. The number of hydrogen-bond donors (Lipinski definition) is 7. The molecule has 12 nitrogen and oxygen atoms in total. The van der Waals surface area contributed by atoms with Crippen LogP contribution in [-0.2, 0) is 16.0 Å². The monoisotopic (exact) mass is 658 g/mol. The highest BCUT2D eigenvalue weighted by atomic mass is 16.7. The molecule has 0 amide bonds. The van der Waals surface area contributed by atoms with Gasteiger partial charge in [-0.05, 0) is 86.7 Å². The van der Waals surface area contributed by atoms with Crippen molar-refractivity contribution in [1.29, 1.82) is 0 Å². The SMILES string of the molecule is CC(=O)O.Cc1cc(/C=C/CCN2CCCC3(CCNCC3)C2)ccc1Cc1c(O[C@@H]2O[C@H](CO)[C@@H](O)[C@H](O)[C@H]2O)n[nH]c1C(C)C. The minimum absolute atomic E-state index is 0.140. The number of benzene rings is 1. The van der Waals surface area contributed by atoms with Gasteiger partial charge in [0.15, 0.2) is 0 Å². The van der Waals surface area contributed by atoms with Crippen molar-refractivity contribution < 1.29 is 39.8 Å². The number of ether oxygens (including phenoxy) is 2. The topological polar surface area (TPSA) is 181 Å². The van der Waals surface area contributed by atoms with E-state index in [1.54, 1.807) is 0 Å². The summed E-state index contributed by atoms with van der Waals surface area (Å²) in [6.07, 6.45) is 4.60. The van der Waals surface area contributed by atoms with Crippen LogP contribution in [0.1, 0.15) is 86.7 Å². The summed E-state index contributed by atoms with van der Waals surface area (Å²) < 4.78 is 11.5. The molecule has 0 saturated carbocycles. The van der Waals surface area contributed by atoms with Crippen molar-refractivity contribution in [3.8, 4) is 5.88 Å². The average molecular weight is 659 g/mol. The van der Waals surface area contributed by atoms with Crippen LogP contribution in [-0.4, -0.2) is 117 Å². The lowest BCUT2D eigenvalue weighted by Crippen LogP contribution is -2.60. The second kappa shape index (κ2) is 17.0. The van der Waals surface area contributed by atoms with Crippen LogP contribution in [0, 0.1) is 12.3 Å². The van der Waals surface area contributed by atoms with Gasteiger partial charge in [0.25, 0.3) is 5.97 Å². The van der Waals surface area contributed by atoms with Crippen LogP contribution in [0.25, 0.3) is 6.08 Å². The number of carboxylic acids is 1. The van der Waals surface area contributed by atoms with E-state index < -0.39 is 43.3 Å². The standard InChI is InChI=1S/C33H50N4O6.C2H4O2/c1-21(2)27-25(31(36-35-27)43-32-30(41)29(40)28(39)26(19-38)42-32)18-24-9-8-23(17-22(24)3)7-4-5-15-37-16-6-10-33(20-37)11-13-34-14-12-33;1-2(3)4/h4,7-9,17,21,26,28-30,32,34,38-41H,5-6,10-16,18-20H2,1-3H3,(H,35,36);1H3,(H,3,4)/b7-4+;/t26-,28-,29+,30-,32+;/m1./s1. The van der Waals surface area contributed by atoms with Crippen molar-refractivity contribution in [2.24, 2.45) is 5.41 Å². The molecule has 3 fully saturated rings. The Bertz CT molecular complexity index is 1310. The molecule has 1 aromatic carbocycles. The molecular formula is C35H54N4O8. The highest BCUT2D eigenvalue weighted by Crippen LogP contribution is 2.38. The number of aliphatic hydroxyl groups is 4. The molecule has 4 heterocycles. The number of aromatic amines is 1. The molecule has 5 atom stereocenters. The van der Waals surface area contributed by atoms with Crippen LogP contribution in [0.5, 0.6) is 5.88 Å². The van der Waals surface area contributed by atoms with Crippen molar-refractivity contribution in [3.63, 3.8) is 0 Å². The Hall–Kier alpha value is -2.84. The number of rotatable bonds is 10. The van der Waals surface area contributed by atoms with Gasteiger partial charge in [-0.25, -0.2) is 0 Å². The fraction of sp³-hybridized carbons (Fsp3) is 0.657. The largest absolute Gasteiger partial charge is 0.481 e. The van der Waals surface area contributed by atoms with Crippen molar-refractivity contribution in [2.45, 2.75) is 103 Å². The van der Waals surface area contributed by atoms with Crippen LogP contribution >= 0.6 is 0 Å². The quantitative estimate of drug-likeness (QED) is 0.199.